The molecule has 120 valence electrons. The molecule has 0 amide bonds. The van der Waals surface area contributed by atoms with Gasteiger partial charge in [0, 0.05) is 0 Å². The molecule has 0 spiro atoms. The quantitative estimate of drug-likeness (QED) is 0.562. The van der Waals surface area contributed by atoms with E-state index in [1.807, 2.05) is 0 Å². The normalized spacial score (nSPS) is 14.1. The molecule has 0 aliphatic heterocycles. The van der Waals surface area contributed by atoms with Crippen LogP contribution in [0.5, 0.6) is 0 Å². The average Bonchev–Trinajstić information content (AvgIpc) is 1.86. The molecule has 0 aliphatic carbocycles. The van der Waals surface area contributed by atoms with Gasteiger partial charge in [-0.15, -0.1) is 0 Å². The Morgan fingerprint density at radius 2 is 1.00 bits per heavy atom. The third kappa shape index (κ3) is 9.74. The zero-order chi connectivity index (χ0) is 16.4. The summed E-state index contributed by atoms with van der Waals surface area (Å²) in [5.74, 6) is 0. The van der Waals surface area contributed by atoms with Crippen LogP contribution in [0.4, 0.5) is 31.1 Å². The Hall–Kier alpha value is -1.15. The van der Waals surface area contributed by atoms with Gasteiger partial charge in [-0.25, -0.2) is 4.79 Å². The maximum Gasteiger partial charge on any atom is 0.509 e. The van der Waals surface area contributed by atoms with Gasteiger partial charge in [0.25, 0.3) is 0 Å². The van der Waals surface area contributed by atoms with E-state index in [-0.39, 0.29) is 0 Å². The molecule has 3 nitrogen and oxygen atoms in total. The Labute approximate surface area is 112 Å². The van der Waals surface area contributed by atoms with Crippen LogP contribution < -0.4 is 0 Å². The molecule has 0 heterocycles. The maximum absolute atomic E-state index is 12.2. The molecule has 0 aliphatic rings. The molecule has 9 heteroatoms. The van der Waals surface area contributed by atoms with Crippen molar-refractivity contribution < 1.29 is 40.6 Å². The van der Waals surface area contributed by atoms with Gasteiger partial charge in [-0.1, -0.05) is 0 Å². The molecule has 0 saturated carbocycles. The average molecular weight is 310 g/mol. The Kier molecular flexibility index (Phi) is 5.36. The molecule has 0 bridgehead atoms. The van der Waals surface area contributed by atoms with Crippen molar-refractivity contribution in [3.63, 3.8) is 0 Å². The maximum atomic E-state index is 12.2. The van der Waals surface area contributed by atoms with Gasteiger partial charge in [0.2, 0.25) is 0 Å². The zero-order valence-corrected chi connectivity index (χ0v) is 11.4. The molecule has 0 atom stereocenters. The smallest absolute Gasteiger partial charge is 0.428 e. The third-order valence-corrected chi connectivity index (χ3v) is 1.97. The van der Waals surface area contributed by atoms with Crippen molar-refractivity contribution in [1.82, 2.24) is 0 Å². The lowest BCUT2D eigenvalue weighted by molar-refractivity contribution is -0.186. The Bertz CT molecular complexity index is 311. The predicted molar refractivity (Wildman–Crippen MR) is 57.1 cm³/mol. The molecule has 0 radical (unpaired) electrons. The predicted octanol–water partition coefficient (Wildman–Crippen LogP) is 4.60. The minimum Gasteiger partial charge on any atom is -0.428 e. The molecule has 0 saturated heterocycles. The van der Waals surface area contributed by atoms with Crippen molar-refractivity contribution in [2.75, 3.05) is 0 Å². The van der Waals surface area contributed by atoms with Crippen LogP contribution in [-0.4, -0.2) is 29.7 Å². The lowest BCUT2D eigenvalue weighted by Crippen LogP contribution is -2.38. The third-order valence-electron chi connectivity index (χ3n) is 1.97. The first-order valence-electron chi connectivity index (χ1n) is 5.57. The van der Waals surface area contributed by atoms with Crippen molar-refractivity contribution in [3.8, 4) is 0 Å². The first kappa shape index (κ1) is 18.9. The second-order valence-corrected chi connectivity index (χ2v) is 5.56. The monoisotopic (exact) mass is 310 g/mol. The minimum atomic E-state index is -4.58. The van der Waals surface area contributed by atoms with E-state index >= 15 is 0 Å². The fourth-order valence-corrected chi connectivity index (χ4v) is 1.51. The van der Waals surface area contributed by atoms with Gasteiger partial charge in [-0.2, -0.15) is 26.3 Å². The van der Waals surface area contributed by atoms with Crippen molar-refractivity contribution >= 4 is 6.16 Å². The van der Waals surface area contributed by atoms with Crippen molar-refractivity contribution in [3.05, 3.63) is 0 Å². The number of rotatable bonds is 4. The number of hydrogen-bond acceptors (Lipinski definition) is 3. The topological polar surface area (TPSA) is 35.5 Å². The zero-order valence-electron chi connectivity index (χ0n) is 11.4. The van der Waals surface area contributed by atoms with E-state index in [1.54, 1.807) is 0 Å². The summed E-state index contributed by atoms with van der Waals surface area (Å²) in [5.41, 5.74) is -3.85. The molecule has 0 unspecified atom stereocenters. The van der Waals surface area contributed by atoms with Crippen LogP contribution in [0.2, 0.25) is 0 Å². The van der Waals surface area contributed by atoms with E-state index in [0.717, 1.165) is 27.7 Å². The van der Waals surface area contributed by atoms with Gasteiger partial charge in [-0.3, -0.25) is 0 Å². The summed E-state index contributed by atoms with van der Waals surface area (Å²) in [6.07, 6.45) is -13.6. The molecular formula is C11H16F6O3. The fraction of sp³-hybridized carbons (Fsp3) is 0.909. The lowest BCUT2D eigenvalue weighted by atomic mass is 10.0. The van der Waals surface area contributed by atoms with Crippen molar-refractivity contribution in [1.29, 1.82) is 0 Å². The van der Waals surface area contributed by atoms with Gasteiger partial charge in [-0.05, 0) is 27.7 Å². The van der Waals surface area contributed by atoms with Crippen molar-refractivity contribution in [2.45, 2.75) is 64.1 Å². The summed E-state index contributed by atoms with van der Waals surface area (Å²) in [4.78, 5) is 11.3. The summed E-state index contributed by atoms with van der Waals surface area (Å²) in [5, 5.41) is 0. The van der Waals surface area contributed by atoms with E-state index in [9.17, 15) is 31.1 Å². The van der Waals surface area contributed by atoms with E-state index in [2.05, 4.69) is 9.47 Å². The standard InChI is InChI=1S/C11H16F6O3/c1-8(2,5-10(12,13)14)19-7(18)20-9(3,4)6-11(15,16)17/h5-6H2,1-4H3. The van der Waals surface area contributed by atoms with Crippen LogP contribution in [0, 0.1) is 0 Å². The summed E-state index contributed by atoms with van der Waals surface area (Å²) in [6, 6.07) is 0. The highest BCUT2D eigenvalue weighted by molar-refractivity contribution is 5.61. The molecule has 0 fully saturated rings. The van der Waals surface area contributed by atoms with Gasteiger partial charge in [0.15, 0.2) is 0 Å². The second-order valence-electron chi connectivity index (χ2n) is 5.56. The Morgan fingerprint density at radius 1 is 0.750 bits per heavy atom. The molecule has 0 aromatic heterocycles. The number of hydrogen-bond donors (Lipinski definition) is 0. The highest BCUT2D eigenvalue weighted by Crippen LogP contribution is 2.32. The van der Waals surface area contributed by atoms with Gasteiger partial charge >= 0.3 is 18.5 Å². The number of carbonyl (C=O) groups is 1. The van der Waals surface area contributed by atoms with Crippen LogP contribution in [0.25, 0.3) is 0 Å². The largest absolute Gasteiger partial charge is 0.509 e. The van der Waals surface area contributed by atoms with Crippen molar-refractivity contribution in [2.24, 2.45) is 0 Å². The summed E-state index contributed by atoms with van der Waals surface area (Å²) < 4.78 is 81.9. The summed E-state index contributed by atoms with van der Waals surface area (Å²) in [7, 11) is 0. The highest BCUT2D eigenvalue weighted by atomic mass is 19.4. The highest BCUT2D eigenvalue weighted by Gasteiger charge is 2.42. The first-order valence-corrected chi connectivity index (χ1v) is 5.57. The van der Waals surface area contributed by atoms with Gasteiger partial charge in [0.1, 0.15) is 11.2 Å². The van der Waals surface area contributed by atoms with E-state index in [1.165, 1.54) is 0 Å². The van der Waals surface area contributed by atoms with Crippen LogP contribution in [0.3, 0.4) is 0 Å². The van der Waals surface area contributed by atoms with E-state index in [4.69, 9.17) is 0 Å². The van der Waals surface area contributed by atoms with Crippen LogP contribution in [-0.2, 0) is 9.47 Å². The Balaban J connectivity index is 4.56. The van der Waals surface area contributed by atoms with Gasteiger partial charge < -0.3 is 9.47 Å². The van der Waals surface area contributed by atoms with Crippen LogP contribution in [0.1, 0.15) is 40.5 Å². The van der Waals surface area contributed by atoms with Crippen LogP contribution >= 0.6 is 0 Å². The Morgan fingerprint density at radius 3 is 1.20 bits per heavy atom. The fourth-order valence-electron chi connectivity index (χ4n) is 1.51. The van der Waals surface area contributed by atoms with Gasteiger partial charge in [0.05, 0.1) is 12.8 Å². The van der Waals surface area contributed by atoms with E-state index < -0.39 is 42.6 Å². The summed E-state index contributed by atoms with van der Waals surface area (Å²) >= 11 is 0. The molecule has 20 heavy (non-hydrogen) atoms. The molecular weight excluding hydrogens is 294 g/mol. The molecule has 0 N–H and O–H groups in total. The van der Waals surface area contributed by atoms with E-state index in [0.29, 0.717) is 0 Å². The molecule has 0 aromatic carbocycles. The summed E-state index contributed by atoms with van der Waals surface area (Å²) in [6.45, 7) is 3.94. The molecule has 0 aromatic rings. The number of alkyl halides is 6. The number of carbonyl (C=O) groups excluding carboxylic acids is 1. The van der Waals surface area contributed by atoms with Crippen LogP contribution in [0.15, 0.2) is 0 Å². The number of ether oxygens (including phenoxy) is 2. The SMILES string of the molecule is CC(C)(CC(F)(F)F)OC(=O)OC(C)(C)CC(F)(F)F. The lowest BCUT2D eigenvalue weighted by Gasteiger charge is -2.30. The molecule has 0 rings (SSSR count). The number of halogens is 6. The second kappa shape index (κ2) is 5.69. The minimum absolute atomic E-state index is 0.985. The first-order chi connectivity index (χ1) is 8.52.